The molecule has 4 aliphatic carbocycles. The van der Waals surface area contributed by atoms with Crippen molar-refractivity contribution in [1.82, 2.24) is 9.97 Å². The van der Waals surface area contributed by atoms with E-state index in [9.17, 15) is 0 Å². The number of aromatic nitrogens is 2. The Kier molecular flexibility index (Phi) is 4.05. The number of nitrogens with zero attached hydrogens (tertiary/aromatic N) is 2. The first kappa shape index (κ1) is 18.3. The van der Waals surface area contributed by atoms with Gasteiger partial charge in [0.15, 0.2) is 0 Å². The van der Waals surface area contributed by atoms with E-state index in [1.807, 2.05) is 36.4 Å². The van der Waals surface area contributed by atoms with Crippen molar-refractivity contribution in [2.75, 3.05) is 11.5 Å². The molecule has 4 aliphatic rings. The second-order valence-electron chi connectivity index (χ2n) is 8.02. The molecule has 0 bridgehead atoms. The largest absolute Gasteiger partial charge is 0.397 e. The zero-order valence-corrected chi connectivity index (χ0v) is 17.3. The third-order valence-electron chi connectivity index (χ3n) is 5.87. The average molecular weight is 412 g/mol. The van der Waals surface area contributed by atoms with Crippen LogP contribution in [0, 0.1) is 0 Å². The molecule has 1 heterocycles. The van der Waals surface area contributed by atoms with Gasteiger partial charge < -0.3 is 11.5 Å². The summed E-state index contributed by atoms with van der Waals surface area (Å²) >= 11 is 0. The number of hydrogen-bond acceptors (Lipinski definition) is 4. The molecule has 0 aliphatic heterocycles. The molecule has 4 nitrogen and oxygen atoms in total. The minimum absolute atomic E-state index is 0.511. The molecule has 152 valence electrons. The number of rotatable bonds is 2. The van der Waals surface area contributed by atoms with Crippen LogP contribution in [-0.4, -0.2) is 9.97 Å². The quantitative estimate of drug-likeness (QED) is 0.325. The van der Waals surface area contributed by atoms with E-state index in [1.54, 1.807) is 12.1 Å². The normalized spacial score (nSPS) is 11.4. The van der Waals surface area contributed by atoms with E-state index < -0.39 is 0 Å². The zero-order chi connectivity index (χ0) is 21.7. The maximum absolute atomic E-state index is 6.07. The summed E-state index contributed by atoms with van der Waals surface area (Å²) < 4.78 is 0. The molecule has 32 heavy (non-hydrogen) atoms. The number of nitrogen functional groups attached to an aromatic ring is 2. The number of hydrogen-bond donors (Lipinski definition) is 2. The van der Waals surface area contributed by atoms with Crippen LogP contribution in [0.3, 0.4) is 0 Å². The lowest BCUT2D eigenvalue weighted by atomic mass is 10.1. The van der Waals surface area contributed by atoms with E-state index in [-0.39, 0.29) is 0 Å². The molecule has 0 unspecified atom stereocenters. The van der Waals surface area contributed by atoms with Gasteiger partial charge in [0.25, 0.3) is 0 Å². The number of benzene rings is 1. The fourth-order valence-electron chi connectivity index (χ4n) is 4.24. The second-order valence-corrected chi connectivity index (χ2v) is 8.02. The van der Waals surface area contributed by atoms with Gasteiger partial charge in [0, 0.05) is 11.1 Å². The summed E-state index contributed by atoms with van der Waals surface area (Å²) in [6.45, 7) is 0. The fraction of sp³-hybridized carbons (Fsp3) is 0. The average Bonchev–Trinajstić information content (AvgIpc) is 3.22. The Morgan fingerprint density at radius 2 is 0.750 bits per heavy atom. The van der Waals surface area contributed by atoms with Crippen molar-refractivity contribution in [2.24, 2.45) is 0 Å². The third kappa shape index (κ3) is 3.01. The molecule has 0 radical (unpaired) electrons. The molecule has 0 saturated carbocycles. The van der Waals surface area contributed by atoms with E-state index >= 15 is 0 Å². The van der Waals surface area contributed by atoms with Crippen molar-refractivity contribution < 1.29 is 0 Å². The van der Waals surface area contributed by atoms with Gasteiger partial charge in [-0.3, -0.25) is 0 Å². The summed E-state index contributed by atoms with van der Waals surface area (Å²) in [5.41, 5.74) is 23.0. The lowest BCUT2D eigenvalue weighted by Crippen LogP contribution is -1.98. The number of anilines is 2. The molecule has 4 N–H and O–H groups in total. The van der Waals surface area contributed by atoms with Gasteiger partial charge in [-0.1, -0.05) is 60.7 Å². The van der Waals surface area contributed by atoms with Crippen LogP contribution in [0.2, 0.25) is 0 Å². The van der Waals surface area contributed by atoms with Crippen molar-refractivity contribution in [1.29, 1.82) is 0 Å². The molecule has 1 aromatic carbocycles. The van der Waals surface area contributed by atoms with Gasteiger partial charge in [0.05, 0.1) is 33.8 Å². The number of fused-ring (bicyclic) bond motifs is 3. The van der Waals surface area contributed by atoms with Crippen LogP contribution in [0.1, 0.15) is 0 Å². The molecule has 0 amide bonds. The van der Waals surface area contributed by atoms with Crippen LogP contribution in [-0.2, 0) is 0 Å². The minimum Gasteiger partial charge on any atom is -0.397 e. The Labute approximate surface area is 185 Å². The van der Waals surface area contributed by atoms with Gasteiger partial charge in [-0.15, -0.1) is 0 Å². The Balaban J connectivity index is 1.66. The maximum atomic E-state index is 6.07. The summed E-state index contributed by atoms with van der Waals surface area (Å²) in [5.74, 6) is 0. The molecule has 2 aromatic rings. The summed E-state index contributed by atoms with van der Waals surface area (Å²) in [6, 6.07) is 33.0. The summed E-state index contributed by atoms with van der Waals surface area (Å²) in [7, 11) is 0. The smallest absolute Gasteiger partial charge is 0.0973 e. The lowest BCUT2D eigenvalue weighted by molar-refractivity contribution is 1.30. The van der Waals surface area contributed by atoms with E-state index in [1.165, 1.54) is 0 Å². The highest BCUT2D eigenvalue weighted by molar-refractivity contribution is 5.94. The van der Waals surface area contributed by atoms with Crippen molar-refractivity contribution in [3.8, 4) is 44.8 Å². The molecular weight excluding hydrogens is 392 g/mol. The highest BCUT2D eigenvalue weighted by Crippen LogP contribution is 2.39. The first-order valence-corrected chi connectivity index (χ1v) is 10.5. The summed E-state index contributed by atoms with van der Waals surface area (Å²) in [4.78, 5) is 10.0. The van der Waals surface area contributed by atoms with E-state index in [4.69, 9.17) is 21.4 Å². The summed E-state index contributed by atoms with van der Waals surface area (Å²) in [6.07, 6.45) is 0. The topological polar surface area (TPSA) is 77.8 Å². The Hall–Kier alpha value is -4.44. The zero-order valence-electron chi connectivity index (χ0n) is 17.3. The van der Waals surface area contributed by atoms with Crippen LogP contribution >= 0.6 is 0 Å². The Morgan fingerprint density at radius 1 is 0.406 bits per heavy atom. The molecule has 0 fully saturated rings. The van der Waals surface area contributed by atoms with Crippen LogP contribution < -0.4 is 11.5 Å². The van der Waals surface area contributed by atoms with Gasteiger partial charge in [-0.05, 0) is 58.7 Å². The summed E-state index contributed by atoms with van der Waals surface area (Å²) in [5, 5.41) is 0. The highest BCUT2D eigenvalue weighted by atomic mass is 14.8. The first-order valence-electron chi connectivity index (χ1n) is 10.5. The molecule has 0 atom stereocenters. The van der Waals surface area contributed by atoms with Crippen LogP contribution in [0.4, 0.5) is 11.4 Å². The Bertz CT molecular complexity index is 1370. The Morgan fingerprint density at radius 3 is 1.09 bits per heavy atom. The molecule has 0 saturated heterocycles. The SMILES string of the molecule is Nc1cc2nc(-c3cc4cccccc-4c3)c(-c3cc4cccccc-4c3)nc2cc1N. The molecule has 1 aromatic heterocycles. The van der Waals surface area contributed by atoms with E-state index in [0.717, 1.165) is 55.8 Å². The third-order valence-corrected chi connectivity index (χ3v) is 5.87. The van der Waals surface area contributed by atoms with Crippen LogP contribution in [0.25, 0.3) is 55.8 Å². The lowest BCUT2D eigenvalue weighted by Gasteiger charge is -2.10. The number of nitrogens with two attached hydrogens (primary N) is 2. The van der Waals surface area contributed by atoms with Gasteiger partial charge in [0.1, 0.15) is 0 Å². The van der Waals surface area contributed by atoms with Gasteiger partial charge in [0.2, 0.25) is 0 Å². The minimum atomic E-state index is 0.511. The molecular formula is C28H20N4. The van der Waals surface area contributed by atoms with E-state index in [0.29, 0.717) is 11.4 Å². The first-order chi connectivity index (χ1) is 15.7. The van der Waals surface area contributed by atoms with Crippen molar-refractivity contribution in [2.45, 2.75) is 0 Å². The second kappa shape index (κ2) is 7.06. The van der Waals surface area contributed by atoms with Crippen LogP contribution in [0.15, 0.2) is 97.1 Å². The molecule has 4 heteroatoms. The van der Waals surface area contributed by atoms with Gasteiger partial charge >= 0.3 is 0 Å². The van der Waals surface area contributed by atoms with Gasteiger partial charge in [-0.25, -0.2) is 9.97 Å². The fourth-order valence-corrected chi connectivity index (χ4v) is 4.24. The highest BCUT2D eigenvalue weighted by Gasteiger charge is 2.19. The molecule has 0 spiro atoms. The van der Waals surface area contributed by atoms with Gasteiger partial charge in [-0.2, -0.15) is 0 Å². The predicted molar refractivity (Wildman–Crippen MR) is 132 cm³/mol. The standard InChI is InChI=1S/C28H20N4/c29-23-15-25-26(16-24(23)30)32-28(22-13-19-9-5-2-6-10-20(19)14-22)27(31-25)21-11-17-7-3-1-4-8-18(17)12-21/h1-16H,29-30H2. The van der Waals surface area contributed by atoms with Crippen molar-refractivity contribution in [3.05, 3.63) is 97.1 Å². The molecule has 6 rings (SSSR count). The predicted octanol–water partition coefficient (Wildman–Crippen LogP) is 6.34. The van der Waals surface area contributed by atoms with Crippen molar-refractivity contribution in [3.63, 3.8) is 0 Å². The van der Waals surface area contributed by atoms with Crippen molar-refractivity contribution >= 4 is 22.4 Å². The maximum Gasteiger partial charge on any atom is 0.0973 e. The monoisotopic (exact) mass is 412 g/mol. The van der Waals surface area contributed by atoms with E-state index in [2.05, 4.69) is 48.5 Å². The van der Waals surface area contributed by atoms with Crippen LogP contribution in [0.5, 0.6) is 0 Å².